The zero-order chi connectivity index (χ0) is 36.5. The molecular formula is C37H52F2N4O7S2. The van der Waals surface area contributed by atoms with E-state index in [4.69, 9.17) is 9.47 Å². The van der Waals surface area contributed by atoms with Gasteiger partial charge in [0, 0.05) is 38.3 Å². The molecule has 52 heavy (non-hydrogen) atoms. The Balaban J connectivity index is 0.919. The number of likely N-dealkylation sites (tertiary alicyclic amines) is 2. The van der Waals surface area contributed by atoms with Gasteiger partial charge in [-0.1, -0.05) is 13.0 Å². The number of benzene rings is 2. The van der Waals surface area contributed by atoms with Crippen molar-refractivity contribution in [1.82, 2.24) is 18.4 Å². The van der Waals surface area contributed by atoms with Crippen molar-refractivity contribution in [3.05, 3.63) is 42.0 Å². The summed E-state index contributed by atoms with van der Waals surface area (Å²) in [5, 5.41) is 0. The molecule has 11 nitrogen and oxygen atoms in total. The van der Waals surface area contributed by atoms with Crippen LogP contribution in [-0.2, 0) is 26.5 Å². The molecule has 288 valence electrons. The Hall–Kier alpha value is -2.56. The molecule has 4 fully saturated rings. The Labute approximate surface area is 307 Å². The zero-order valence-corrected chi connectivity index (χ0v) is 31.6. The van der Waals surface area contributed by atoms with Crippen LogP contribution in [0.5, 0.6) is 17.2 Å². The van der Waals surface area contributed by atoms with Gasteiger partial charge in [0.1, 0.15) is 23.9 Å². The Morgan fingerprint density at radius 1 is 0.673 bits per heavy atom. The van der Waals surface area contributed by atoms with Gasteiger partial charge in [0.05, 0.1) is 4.90 Å². The molecule has 0 unspecified atom stereocenters. The van der Waals surface area contributed by atoms with E-state index in [1.54, 1.807) is 10.4 Å². The highest BCUT2D eigenvalue weighted by molar-refractivity contribution is 7.89. The van der Waals surface area contributed by atoms with Crippen molar-refractivity contribution in [3.63, 3.8) is 0 Å². The van der Waals surface area contributed by atoms with E-state index in [0.29, 0.717) is 62.9 Å². The van der Waals surface area contributed by atoms with E-state index < -0.39 is 26.7 Å². The second kappa shape index (κ2) is 16.0. The van der Waals surface area contributed by atoms with Crippen LogP contribution < -0.4 is 14.2 Å². The van der Waals surface area contributed by atoms with E-state index in [1.807, 2.05) is 6.07 Å². The standard InChI is InChI=1S/C37H52F2N4O7S2/c1-27-8-16-40(17-9-27)30-14-22-43(23-15-30)52(46,47)34-7-2-29(35-36(34)49-25-24-48-35)26-28-10-18-41(19-11-28)31-12-20-42(21-13-31)51(44,45)33-5-3-32(4-6-33)50-37(38)39/h2-7,27-28,30-31,37H,8-26H2,1H3. The van der Waals surface area contributed by atoms with Crippen LogP contribution in [0.4, 0.5) is 8.78 Å². The van der Waals surface area contributed by atoms with Gasteiger partial charge in [-0.2, -0.15) is 17.4 Å². The summed E-state index contributed by atoms with van der Waals surface area (Å²) < 4.78 is 99.0. The number of sulfonamides is 2. The fraction of sp³-hybridized carbons (Fsp3) is 0.676. The average molecular weight is 767 g/mol. The molecule has 2 aromatic carbocycles. The summed E-state index contributed by atoms with van der Waals surface area (Å²) in [6, 6.07) is 9.50. The summed E-state index contributed by atoms with van der Waals surface area (Å²) in [4.78, 5) is 5.30. The van der Waals surface area contributed by atoms with Gasteiger partial charge in [0.15, 0.2) is 11.5 Å². The Morgan fingerprint density at radius 3 is 1.75 bits per heavy atom. The van der Waals surface area contributed by atoms with Crippen LogP contribution in [0.1, 0.15) is 63.9 Å². The molecule has 0 aliphatic carbocycles. The topological polar surface area (TPSA) is 109 Å². The molecule has 0 aromatic heterocycles. The number of fused-ring (bicyclic) bond motifs is 1. The average Bonchev–Trinajstić information content (AvgIpc) is 3.15. The third-order valence-electron chi connectivity index (χ3n) is 11.9. The molecule has 0 atom stereocenters. The third kappa shape index (κ3) is 8.24. The van der Waals surface area contributed by atoms with Crippen molar-refractivity contribution < 1.29 is 39.8 Å². The maximum absolute atomic E-state index is 14.0. The predicted molar refractivity (Wildman–Crippen MR) is 192 cm³/mol. The molecule has 0 spiro atoms. The quantitative estimate of drug-likeness (QED) is 0.329. The van der Waals surface area contributed by atoms with Crippen LogP contribution in [0.25, 0.3) is 0 Å². The van der Waals surface area contributed by atoms with Gasteiger partial charge in [0.25, 0.3) is 0 Å². The van der Waals surface area contributed by atoms with Crippen molar-refractivity contribution in [2.75, 3.05) is 65.6 Å². The lowest BCUT2D eigenvalue weighted by atomic mass is 9.88. The minimum Gasteiger partial charge on any atom is -0.486 e. The van der Waals surface area contributed by atoms with Gasteiger partial charge in [-0.25, -0.2) is 16.8 Å². The fourth-order valence-corrected chi connectivity index (χ4v) is 11.8. The van der Waals surface area contributed by atoms with Crippen molar-refractivity contribution in [2.45, 2.75) is 93.2 Å². The summed E-state index contributed by atoms with van der Waals surface area (Å²) in [7, 11) is -7.47. The zero-order valence-electron chi connectivity index (χ0n) is 30.0. The number of hydrogen-bond donors (Lipinski definition) is 0. The van der Waals surface area contributed by atoms with Crippen molar-refractivity contribution in [1.29, 1.82) is 0 Å². The van der Waals surface area contributed by atoms with Crippen LogP contribution in [0, 0.1) is 11.8 Å². The van der Waals surface area contributed by atoms with E-state index >= 15 is 0 Å². The Morgan fingerprint density at radius 2 is 1.19 bits per heavy atom. The normalized spacial score (nSPS) is 23.3. The summed E-state index contributed by atoms with van der Waals surface area (Å²) in [6.07, 6.45) is 8.30. The molecule has 5 aliphatic rings. The van der Waals surface area contributed by atoms with E-state index in [9.17, 15) is 25.6 Å². The molecule has 0 radical (unpaired) electrons. The molecule has 5 heterocycles. The van der Waals surface area contributed by atoms with E-state index in [0.717, 1.165) is 82.6 Å². The van der Waals surface area contributed by atoms with Gasteiger partial charge in [-0.05, 0) is 132 Å². The smallest absolute Gasteiger partial charge is 0.387 e. The lowest BCUT2D eigenvalue weighted by molar-refractivity contribution is -0.0498. The number of nitrogens with zero attached hydrogens (tertiary/aromatic N) is 4. The molecule has 0 amide bonds. The fourth-order valence-electron chi connectivity index (χ4n) is 8.74. The minimum absolute atomic E-state index is 0.0678. The summed E-state index contributed by atoms with van der Waals surface area (Å²) >= 11 is 0. The molecule has 15 heteroatoms. The monoisotopic (exact) mass is 766 g/mol. The number of alkyl halides is 2. The first-order valence-corrected chi connectivity index (χ1v) is 21.8. The maximum Gasteiger partial charge on any atom is 0.387 e. The molecule has 0 bridgehead atoms. The molecule has 0 N–H and O–H groups in total. The SMILES string of the molecule is CC1CCN(C2CCN(S(=O)(=O)c3ccc(CC4CCN(C5CCN(S(=O)(=O)c6ccc(OC(F)F)cc6)CC5)CC4)c4c3OCCO4)CC2)CC1. The largest absolute Gasteiger partial charge is 0.486 e. The number of halogens is 2. The van der Waals surface area contributed by atoms with Crippen LogP contribution >= 0.6 is 0 Å². The van der Waals surface area contributed by atoms with Crippen LogP contribution in [-0.4, -0.2) is 120 Å². The predicted octanol–water partition coefficient (Wildman–Crippen LogP) is 5.05. The van der Waals surface area contributed by atoms with E-state index in [1.165, 1.54) is 41.4 Å². The highest BCUT2D eigenvalue weighted by Gasteiger charge is 2.37. The Kier molecular flexibility index (Phi) is 11.6. The van der Waals surface area contributed by atoms with Crippen molar-refractivity contribution in [2.24, 2.45) is 11.8 Å². The van der Waals surface area contributed by atoms with Gasteiger partial charge < -0.3 is 24.0 Å². The molecule has 0 saturated carbocycles. The number of hydrogen-bond acceptors (Lipinski definition) is 9. The Bertz CT molecular complexity index is 1730. The molecule has 7 rings (SSSR count). The number of ether oxygens (including phenoxy) is 3. The maximum atomic E-state index is 14.0. The summed E-state index contributed by atoms with van der Waals surface area (Å²) in [6.45, 7) is 5.89. The van der Waals surface area contributed by atoms with Crippen molar-refractivity contribution >= 4 is 20.0 Å². The van der Waals surface area contributed by atoms with Crippen LogP contribution in [0.3, 0.4) is 0 Å². The molecule has 2 aromatic rings. The first-order valence-electron chi connectivity index (χ1n) is 18.9. The first-order chi connectivity index (χ1) is 25.0. The lowest BCUT2D eigenvalue weighted by Gasteiger charge is -2.41. The van der Waals surface area contributed by atoms with Gasteiger partial charge >= 0.3 is 6.61 Å². The van der Waals surface area contributed by atoms with Gasteiger partial charge in [-0.3, -0.25) is 0 Å². The van der Waals surface area contributed by atoms with Gasteiger partial charge in [-0.15, -0.1) is 0 Å². The molecule has 4 saturated heterocycles. The third-order valence-corrected chi connectivity index (χ3v) is 15.7. The first kappa shape index (κ1) is 37.7. The minimum atomic E-state index is -3.74. The lowest BCUT2D eigenvalue weighted by Crippen LogP contribution is -2.49. The number of rotatable bonds is 10. The van der Waals surface area contributed by atoms with Crippen LogP contribution in [0.2, 0.25) is 0 Å². The van der Waals surface area contributed by atoms with Crippen LogP contribution in [0.15, 0.2) is 46.2 Å². The summed E-state index contributed by atoms with van der Waals surface area (Å²) in [5.41, 5.74) is 0.984. The second-order valence-electron chi connectivity index (χ2n) is 15.1. The van der Waals surface area contributed by atoms with Gasteiger partial charge in [0.2, 0.25) is 20.0 Å². The molecular weight excluding hydrogens is 715 g/mol. The van der Waals surface area contributed by atoms with E-state index in [-0.39, 0.29) is 21.6 Å². The van der Waals surface area contributed by atoms with Crippen molar-refractivity contribution in [3.8, 4) is 17.2 Å². The molecule has 5 aliphatic heterocycles. The number of piperidine rings is 4. The van der Waals surface area contributed by atoms with E-state index in [2.05, 4.69) is 21.5 Å². The second-order valence-corrected chi connectivity index (χ2v) is 18.9. The summed E-state index contributed by atoms with van der Waals surface area (Å²) in [5.74, 6) is 2.02. The highest BCUT2D eigenvalue weighted by atomic mass is 32.2. The highest BCUT2D eigenvalue weighted by Crippen LogP contribution is 2.43.